The smallest absolute Gasteiger partial charge is 0.339 e. The number of anilines is 2. The minimum Gasteiger partial charge on any atom is -0.379 e. The van der Waals surface area contributed by atoms with E-state index in [1.807, 2.05) is 0 Å². The number of carbonyl (C=O) groups excluding carboxylic acids is 1. The highest BCUT2D eigenvalue weighted by Gasteiger charge is 2.18. The van der Waals surface area contributed by atoms with Crippen LogP contribution in [0.15, 0.2) is 47.4 Å². The van der Waals surface area contributed by atoms with Gasteiger partial charge in [-0.05, 0) is 48.7 Å². The van der Waals surface area contributed by atoms with Crippen LogP contribution in [0, 0.1) is 11.8 Å². The number of carbonyl (C=O) groups is 1. The Morgan fingerprint density at radius 3 is 2.44 bits per heavy atom. The van der Waals surface area contributed by atoms with E-state index in [-0.39, 0.29) is 28.6 Å². The molecule has 2 aromatic carbocycles. The lowest BCUT2D eigenvalue weighted by atomic mass is 10.1. The molecule has 0 saturated carbocycles. The Hall–Kier alpha value is -2.69. The van der Waals surface area contributed by atoms with Crippen molar-refractivity contribution in [2.45, 2.75) is 45.2 Å². The summed E-state index contributed by atoms with van der Waals surface area (Å²) >= 11 is 1.25. The summed E-state index contributed by atoms with van der Waals surface area (Å²) in [5.41, 5.74) is 7.42. The maximum absolute atomic E-state index is 12.7. The first-order valence-corrected chi connectivity index (χ1v) is 12.5. The molecule has 0 fully saturated rings. The molecular weight excluding hydrogens is 448 g/mol. The predicted molar refractivity (Wildman–Crippen MR) is 128 cm³/mol. The van der Waals surface area contributed by atoms with Crippen molar-refractivity contribution in [2.75, 3.05) is 10.6 Å². The molecule has 3 rings (SSSR count). The third-order valence-electron chi connectivity index (χ3n) is 4.54. The Balaban J connectivity index is 1.72. The third-order valence-corrected chi connectivity index (χ3v) is 6.74. The lowest BCUT2D eigenvalue weighted by Gasteiger charge is -2.17. The molecule has 0 spiro atoms. The van der Waals surface area contributed by atoms with Crippen molar-refractivity contribution >= 4 is 48.4 Å². The number of fused-ring (bicyclic) bond motifs is 1. The number of benzene rings is 2. The molecule has 3 aromatic rings. The first-order valence-electron chi connectivity index (χ1n) is 10.3. The highest BCUT2D eigenvalue weighted by Crippen LogP contribution is 2.31. The van der Waals surface area contributed by atoms with Gasteiger partial charge in [-0.2, -0.15) is 8.42 Å². The summed E-state index contributed by atoms with van der Waals surface area (Å²) in [7, 11) is -4.01. The molecule has 10 heteroatoms. The molecule has 0 bridgehead atoms. The Morgan fingerprint density at radius 2 is 1.81 bits per heavy atom. The minimum atomic E-state index is -4.01. The molecule has 0 aliphatic carbocycles. The summed E-state index contributed by atoms with van der Waals surface area (Å²) in [4.78, 5) is 16.3. The number of hydrogen-bond donors (Lipinski definition) is 3. The third kappa shape index (κ3) is 6.18. The number of hydrogen-bond acceptors (Lipinski definition) is 8. The van der Waals surface area contributed by atoms with E-state index in [1.165, 1.54) is 29.5 Å². The van der Waals surface area contributed by atoms with Gasteiger partial charge in [0, 0.05) is 17.7 Å². The van der Waals surface area contributed by atoms with Crippen LogP contribution < -0.4 is 20.6 Å². The van der Waals surface area contributed by atoms with Gasteiger partial charge in [0.2, 0.25) is 5.91 Å². The van der Waals surface area contributed by atoms with Gasteiger partial charge in [0.25, 0.3) is 0 Å². The average Bonchev–Trinajstić information content (AvgIpc) is 3.08. The molecule has 0 saturated heterocycles. The summed E-state index contributed by atoms with van der Waals surface area (Å²) in [6.07, 6.45) is 0.585. The summed E-state index contributed by atoms with van der Waals surface area (Å²) in [6, 6.07) is 11.1. The van der Waals surface area contributed by atoms with Gasteiger partial charge in [0.15, 0.2) is 5.13 Å². The number of nitrogens with zero attached hydrogens (tertiary/aromatic N) is 1. The van der Waals surface area contributed by atoms with Crippen molar-refractivity contribution in [2.24, 2.45) is 17.6 Å². The Labute approximate surface area is 192 Å². The lowest BCUT2D eigenvalue weighted by Crippen LogP contribution is -2.30. The van der Waals surface area contributed by atoms with E-state index >= 15 is 0 Å². The number of nitrogens with two attached hydrogens (primary N) is 1. The number of thiazole rings is 1. The van der Waals surface area contributed by atoms with Gasteiger partial charge in [-0.3, -0.25) is 4.79 Å². The van der Waals surface area contributed by atoms with Crippen LogP contribution in [-0.4, -0.2) is 25.5 Å². The minimum absolute atomic E-state index is 0.0368. The predicted octanol–water partition coefficient (Wildman–Crippen LogP) is 4.40. The molecule has 0 aliphatic rings. The Kier molecular flexibility index (Phi) is 7.37. The molecule has 32 heavy (non-hydrogen) atoms. The molecule has 0 aliphatic heterocycles. The first-order chi connectivity index (χ1) is 15.0. The molecule has 4 N–H and O–H groups in total. The zero-order valence-corrected chi connectivity index (χ0v) is 20.1. The molecule has 1 aromatic heterocycles. The standard InChI is InChI=1S/C22H28N4O4S2/c1-13(2)11-20(23)24-15-5-8-17(9-6-15)32(28,29)30-16-7-10-18-19(12-16)31-22(25-18)26-21(27)14(3)4/h5-10,12-14,20,24H,11,23H2,1-4H3,(H,25,26,27). The topological polar surface area (TPSA) is 123 Å². The molecule has 8 nitrogen and oxygen atoms in total. The number of aromatic nitrogens is 1. The van der Waals surface area contributed by atoms with E-state index in [2.05, 4.69) is 29.5 Å². The van der Waals surface area contributed by atoms with Gasteiger partial charge in [-0.15, -0.1) is 0 Å². The molecule has 1 atom stereocenters. The van der Waals surface area contributed by atoms with Gasteiger partial charge < -0.3 is 20.6 Å². The van der Waals surface area contributed by atoms with E-state index in [0.29, 0.717) is 21.3 Å². The Bertz CT molecular complexity index is 1190. The molecular formula is C22H28N4O4S2. The number of amides is 1. The zero-order chi connectivity index (χ0) is 23.5. The molecule has 1 amide bonds. The average molecular weight is 477 g/mol. The second-order valence-corrected chi connectivity index (χ2v) is 10.8. The fourth-order valence-electron chi connectivity index (χ4n) is 2.93. The van der Waals surface area contributed by atoms with Crippen molar-refractivity contribution in [1.82, 2.24) is 4.98 Å². The quantitative estimate of drug-likeness (QED) is 0.309. The van der Waals surface area contributed by atoms with Crippen LogP contribution in [0.2, 0.25) is 0 Å². The monoisotopic (exact) mass is 476 g/mol. The van der Waals surface area contributed by atoms with Crippen LogP contribution in [0.5, 0.6) is 5.75 Å². The summed E-state index contributed by atoms with van der Waals surface area (Å²) in [5.74, 6) is 0.317. The van der Waals surface area contributed by atoms with Gasteiger partial charge in [-0.1, -0.05) is 39.0 Å². The van der Waals surface area contributed by atoms with Crippen molar-refractivity contribution in [3.63, 3.8) is 0 Å². The number of rotatable bonds is 9. The summed E-state index contributed by atoms with van der Waals surface area (Å²) < 4.78 is 31.4. The second kappa shape index (κ2) is 9.85. The van der Waals surface area contributed by atoms with E-state index < -0.39 is 10.1 Å². The largest absolute Gasteiger partial charge is 0.379 e. The van der Waals surface area contributed by atoms with Gasteiger partial charge in [0.05, 0.1) is 16.4 Å². The van der Waals surface area contributed by atoms with E-state index in [1.54, 1.807) is 38.1 Å². The molecule has 1 heterocycles. The zero-order valence-electron chi connectivity index (χ0n) is 18.5. The molecule has 1 unspecified atom stereocenters. The van der Waals surface area contributed by atoms with Crippen LogP contribution >= 0.6 is 11.3 Å². The first kappa shape index (κ1) is 24.0. The van der Waals surface area contributed by atoms with E-state index in [4.69, 9.17) is 9.92 Å². The van der Waals surface area contributed by atoms with Crippen LogP contribution in [0.3, 0.4) is 0 Å². The van der Waals surface area contributed by atoms with Crippen LogP contribution in [0.4, 0.5) is 10.8 Å². The fraction of sp³-hybridized carbons (Fsp3) is 0.364. The fourth-order valence-corrected chi connectivity index (χ4v) is 4.75. The van der Waals surface area contributed by atoms with Crippen molar-refractivity contribution in [3.05, 3.63) is 42.5 Å². The van der Waals surface area contributed by atoms with Crippen molar-refractivity contribution in [1.29, 1.82) is 0 Å². The normalized spacial score (nSPS) is 12.8. The van der Waals surface area contributed by atoms with Gasteiger partial charge in [-0.25, -0.2) is 4.98 Å². The lowest BCUT2D eigenvalue weighted by molar-refractivity contribution is -0.118. The van der Waals surface area contributed by atoms with Crippen molar-refractivity contribution in [3.8, 4) is 5.75 Å². The highest BCUT2D eigenvalue weighted by molar-refractivity contribution is 7.87. The Morgan fingerprint density at radius 1 is 1.12 bits per heavy atom. The van der Waals surface area contributed by atoms with Gasteiger partial charge in [0.1, 0.15) is 10.6 Å². The molecule has 0 radical (unpaired) electrons. The van der Waals surface area contributed by atoms with Gasteiger partial charge >= 0.3 is 10.1 Å². The maximum atomic E-state index is 12.7. The van der Waals surface area contributed by atoms with Crippen LogP contribution in [0.1, 0.15) is 34.1 Å². The summed E-state index contributed by atoms with van der Waals surface area (Å²) in [6.45, 7) is 7.76. The highest BCUT2D eigenvalue weighted by atomic mass is 32.2. The summed E-state index contributed by atoms with van der Waals surface area (Å²) in [5, 5.41) is 6.35. The maximum Gasteiger partial charge on any atom is 0.339 e. The van der Waals surface area contributed by atoms with E-state index in [9.17, 15) is 13.2 Å². The SMILES string of the molecule is CC(C)CC(N)Nc1ccc(S(=O)(=O)Oc2ccc3nc(NC(=O)C(C)C)sc3c2)cc1. The van der Waals surface area contributed by atoms with Crippen LogP contribution in [-0.2, 0) is 14.9 Å². The molecule has 172 valence electrons. The van der Waals surface area contributed by atoms with E-state index in [0.717, 1.165) is 12.1 Å². The number of nitrogens with one attached hydrogen (secondary N) is 2. The second-order valence-electron chi connectivity index (χ2n) is 8.23. The van der Waals surface area contributed by atoms with Crippen molar-refractivity contribution < 1.29 is 17.4 Å². The van der Waals surface area contributed by atoms with Crippen LogP contribution in [0.25, 0.3) is 10.2 Å².